The highest BCUT2D eigenvalue weighted by atomic mass is 79.9. The molecule has 7 heteroatoms. The van der Waals surface area contributed by atoms with Gasteiger partial charge in [0.2, 0.25) is 10.0 Å². The van der Waals surface area contributed by atoms with Gasteiger partial charge in [-0.15, -0.1) is 0 Å². The van der Waals surface area contributed by atoms with E-state index in [1.165, 1.54) is 18.2 Å². The van der Waals surface area contributed by atoms with Crippen LogP contribution in [0.5, 0.6) is 0 Å². The molecule has 0 atom stereocenters. The Kier molecular flexibility index (Phi) is 6.16. The summed E-state index contributed by atoms with van der Waals surface area (Å²) in [5.74, 6) is 0.274. The normalized spacial score (nSPS) is 11.7. The topological polar surface area (TPSA) is 89.3 Å². The predicted octanol–water partition coefficient (Wildman–Crippen LogP) is 2.26. The molecule has 5 nitrogen and oxygen atoms in total. The van der Waals surface area contributed by atoms with Gasteiger partial charge in [-0.3, -0.25) is 4.79 Å². The molecule has 0 unspecified atom stereocenters. The number of benzene rings is 1. The van der Waals surface area contributed by atoms with Crippen molar-refractivity contribution < 1.29 is 13.2 Å². The second-order valence-corrected chi connectivity index (χ2v) is 7.39. The highest BCUT2D eigenvalue weighted by Gasteiger charge is 2.15. The standard InChI is InChI=1S/C13H19BrN2O3S/c1-9(2)4-3-7-16-13(17)11-8-10(20(15,18)19)5-6-12(11)14/h5-6,8-9H,3-4,7H2,1-2H3,(H,16,17)(H2,15,18,19). The fraction of sp³-hybridized carbons (Fsp3) is 0.462. The number of nitrogens with two attached hydrogens (primary N) is 1. The SMILES string of the molecule is CC(C)CCCNC(=O)c1cc(S(N)(=O)=O)ccc1Br. The Morgan fingerprint density at radius 1 is 1.40 bits per heavy atom. The van der Waals surface area contributed by atoms with Crippen LogP contribution in [-0.4, -0.2) is 20.9 Å². The van der Waals surface area contributed by atoms with E-state index in [0.29, 0.717) is 16.9 Å². The number of carbonyl (C=O) groups is 1. The number of carbonyl (C=O) groups excluding carboxylic acids is 1. The van der Waals surface area contributed by atoms with Gasteiger partial charge in [-0.05, 0) is 52.9 Å². The smallest absolute Gasteiger partial charge is 0.252 e. The molecule has 3 N–H and O–H groups in total. The molecular weight excluding hydrogens is 344 g/mol. The van der Waals surface area contributed by atoms with Crippen molar-refractivity contribution in [2.45, 2.75) is 31.6 Å². The molecule has 0 bridgehead atoms. The number of primary sulfonamides is 1. The first-order valence-electron chi connectivity index (χ1n) is 6.32. The van der Waals surface area contributed by atoms with E-state index in [1.54, 1.807) is 0 Å². The Morgan fingerprint density at radius 3 is 2.60 bits per heavy atom. The van der Waals surface area contributed by atoms with E-state index in [9.17, 15) is 13.2 Å². The van der Waals surface area contributed by atoms with Crippen molar-refractivity contribution in [2.75, 3.05) is 6.54 Å². The van der Waals surface area contributed by atoms with Crippen molar-refractivity contribution in [1.82, 2.24) is 5.32 Å². The van der Waals surface area contributed by atoms with Crippen molar-refractivity contribution in [3.8, 4) is 0 Å². The second kappa shape index (κ2) is 7.19. The lowest BCUT2D eigenvalue weighted by molar-refractivity contribution is 0.0951. The lowest BCUT2D eigenvalue weighted by Gasteiger charge is -2.09. The summed E-state index contributed by atoms with van der Waals surface area (Å²) in [6, 6.07) is 4.13. The number of nitrogens with one attached hydrogen (secondary N) is 1. The van der Waals surface area contributed by atoms with Crippen molar-refractivity contribution in [3.05, 3.63) is 28.2 Å². The van der Waals surface area contributed by atoms with Crippen LogP contribution in [0.15, 0.2) is 27.6 Å². The number of amides is 1. The Balaban J connectivity index is 2.77. The fourth-order valence-electron chi connectivity index (χ4n) is 1.66. The van der Waals surface area contributed by atoms with Crippen LogP contribution in [0, 0.1) is 5.92 Å². The van der Waals surface area contributed by atoms with Gasteiger partial charge in [0.15, 0.2) is 0 Å². The van der Waals surface area contributed by atoms with Gasteiger partial charge in [0, 0.05) is 11.0 Å². The zero-order valence-electron chi connectivity index (χ0n) is 11.5. The molecule has 0 saturated heterocycles. The first-order chi connectivity index (χ1) is 9.21. The van der Waals surface area contributed by atoms with Crippen LogP contribution in [0.25, 0.3) is 0 Å². The van der Waals surface area contributed by atoms with Gasteiger partial charge in [0.1, 0.15) is 0 Å². The largest absolute Gasteiger partial charge is 0.352 e. The third-order valence-electron chi connectivity index (χ3n) is 2.75. The van der Waals surface area contributed by atoms with Crippen LogP contribution < -0.4 is 10.5 Å². The number of hydrogen-bond donors (Lipinski definition) is 2. The molecule has 0 heterocycles. The van der Waals surface area contributed by atoms with Crippen LogP contribution in [0.2, 0.25) is 0 Å². The van der Waals surface area contributed by atoms with E-state index in [-0.39, 0.29) is 16.4 Å². The molecule has 20 heavy (non-hydrogen) atoms. The van der Waals surface area contributed by atoms with E-state index >= 15 is 0 Å². The van der Waals surface area contributed by atoms with Gasteiger partial charge >= 0.3 is 0 Å². The molecular formula is C13H19BrN2O3S. The first-order valence-corrected chi connectivity index (χ1v) is 8.66. The molecule has 0 saturated carbocycles. The molecule has 1 aromatic carbocycles. The number of halogens is 1. The van der Waals surface area contributed by atoms with Gasteiger partial charge in [-0.2, -0.15) is 0 Å². The molecule has 1 aromatic rings. The van der Waals surface area contributed by atoms with E-state index in [0.717, 1.165) is 12.8 Å². The van der Waals surface area contributed by atoms with Crippen LogP contribution >= 0.6 is 15.9 Å². The van der Waals surface area contributed by atoms with Crippen LogP contribution in [0.3, 0.4) is 0 Å². The maximum atomic E-state index is 12.0. The minimum atomic E-state index is -3.81. The molecule has 0 fully saturated rings. The van der Waals surface area contributed by atoms with Crippen LogP contribution in [-0.2, 0) is 10.0 Å². The minimum absolute atomic E-state index is 0.0759. The maximum Gasteiger partial charge on any atom is 0.252 e. The summed E-state index contributed by atoms with van der Waals surface area (Å²) in [5, 5.41) is 7.83. The summed E-state index contributed by atoms with van der Waals surface area (Å²) < 4.78 is 23.1. The van der Waals surface area contributed by atoms with Crippen molar-refractivity contribution >= 4 is 31.9 Å². The highest BCUT2D eigenvalue weighted by molar-refractivity contribution is 9.10. The molecule has 0 radical (unpaired) electrons. The van der Waals surface area contributed by atoms with Crippen LogP contribution in [0.4, 0.5) is 0 Å². The zero-order chi connectivity index (χ0) is 15.3. The summed E-state index contributed by atoms with van der Waals surface area (Å²) >= 11 is 3.23. The van der Waals surface area contributed by atoms with Crippen LogP contribution in [0.1, 0.15) is 37.0 Å². The highest BCUT2D eigenvalue weighted by Crippen LogP contribution is 2.20. The second-order valence-electron chi connectivity index (χ2n) is 4.98. The average Bonchev–Trinajstić information content (AvgIpc) is 2.33. The first kappa shape index (κ1) is 17.1. The van der Waals surface area contributed by atoms with Gasteiger partial charge < -0.3 is 5.32 Å². The summed E-state index contributed by atoms with van der Waals surface area (Å²) in [4.78, 5) is 11.9. The summed E-state index contributed by atoms with van der Waals surface area (Å²) in [6.07, 6.45) is 1.91. The predicted molar refractivity (Wildman–Crippen MR) is 81.9 cm³/mol. The molecule has 1 amide bonds. The summed E-state index contributed by atoms with van der Waals surface area (Å²) in [7, 11) is -3.81. The Morgan fingerprint density at radius 2 is 2.05 bits per heavy atom. The van der Waals surface area contributed by atoms with Gasteiger partial charge in [-0.1, -0.05) is 13.8 Å². The summed E-state index contributed by atoms with van der Waals surface area (Å²) in [6.45, 7) is 4.80. The maximum absolute atomic E-state index is 12.0. The molecule has 0 spiro atoms. The minimum Gasteiger partial charge on any atom is -0.352 e. The third kappa shape index (κ3) is 5.22. The van der Waals surface area contributed by atoms with E-state index < -0.39 is 10.0 Å². The number of rotatable bonds is 6. The molecule has 1 rings (SSSR count). The lowest BCUT2D eigenvalue weighted by atomic mass is 10.1. The monoisotopic (exact) mass is 362 g/mol. The van der Waals surface area contributed by atoms with Crippen molar-refractivity contribution in [2.24, 2.45) is 11.1 Å². The van der Waals surface area contributed by atoms with Crippen molar-refractivity contribution in [1.29, 1.82) is 0 Å². The lowest BCUT2D eigenvalue weighted by Crippen LogP contribution is -2.25. The average molecular weight is 363 g/mol. The molecule has 0 aliphatic rings. The molecule has 112 valence electrons. The molecule has 0 aromatic heterocycles. The summed E-state index contributed by atoms with van der Waals surface area (Å²) in [5.41, 5.74) is 0.265. The molecule has 0 aliphatic carbocycles. The number of sulfonamides is 1. The Hall–Kier alpha value is -0.920. The Bertz CT molecular complexity index is 585. The van der Waals surface area contributed by atoms with Gasteiger partial charge in [-0.25, -0.2) is 13.6 Å². The third-order valence-corrected chi connectivity index (χ3v) is 4.36. The van der Waals surface area contributed by atoms with Crippen molar-refractivity contribution in [3.63, 3.8) is 0 Å². The number of hydrogen-bond acceptors (Lipinski definition) is 3. The van der Waals surface area contributed by atoms with Gasteiger partial charge in [0.25, 0.3) is 5.91 Å². The van der Waals surface area contributed by atoms with E-state index in [4.69, 9.17) is 5.14 Å². The van der Waals surface area contributed by atoms with E-state index in [2.05, 4.69) is 35.1 Å². The van der Waals surface area contributed by atoms with Gasteiger partial charge in [0.05, 0.1) is 10.5 Å². The Labute approximate surface area is 128 Å². The van der Waals surface area contributed by atoms with E-state index in [1.807, 2.05) is 0 Å². The quantitative estimate of drug-likeness (QED) is 0.760. The fourth-order valence-corrected chi connectivity index (χ4v) is 2.63. The zero-order valence-corrected chi connectivity index (χ0v) is 13.9. The molecule has 0 aliphatic heterocycles.